The van der Waals surface area contributed by atoms with Crippen molar-refractivity contribution in [1.29, 1.82) is 0 Å². The zero-order valence-corrected chi connectivity index (χ0v) is 20.4. The molecule has 0 unspecified atom stereocenters. The molecule has 1 fully saturated rings. The maximum Gasteiger partial charge on any atom is 0.209 e. The summed E-state index contributed by atoms with van der Waals surface area (Å²) in [5.41, 5.74) is 4.25. The number of hydrogen-bond donors (Lipinski definition) is 1. The van der Waals surface area contributed by atoms with Crippen molar-refractivity contribution in [3.05, 3.63) is 60.0 Å². The van der Waals surface area contributed by atoms with Gasteiger partial charge in [-0.05, 0) is 81.6 Å². The third kappa shape index (κ3) is 4.76. The van der Waals surface area contributed by atoms with E-state index in [-0.39, 0.29) is 5.75 Å². The summed E-state index contributed by atoms with van der Waals surface area (Å²) in [6.07, 6.45) is 8.42. The van der Waals surface area contributed by atoms with Gasteiger partial charge < -0.3 is 5.11 Å². The predicted octanol–water partition coefficient (Wildman–Crippen LogP) is 7.52. The van der Waals surface area contributed by atoms with Crippen LogP contribution in [0.3, 0.4) is 0 Å². The first-order valence-electron chi connectivity index (χ1n) is 9.38. The second-order valence-corrected chi connectivity index (χ2v) is 10.3. The standard InChI is InChI=1S/C22H20I2N2OS/c23-18-10-17(21(27)19(24)11-18)12-25-22-26-20(13-28-22)16-8-6-15(7-9-16)14-4-2-1-3-5-14/h6-14,27H,1-5H2. The van der Waals surface area contributed by atoms with Gasteiger partial charge in [0.25, 0.3) is 0 Å². The van der Waals surface area contributed by atoms with Crippen LogP contribution in [0, 0.1) is 7.14 Å². The number of aromatic nitrogens is 1. The summed E-state index contributed by atoms with van der Waals surface area (Å²) in [5, 5.41) is 12.9. The number of thiazole rings is 1. The summed E-state index contributed by atoms with van der Waals surface area (Å²) in [4.78, 5) is 9.12. The van der Waals surface area contributed by atoms with E-state index in [0.29, 0.717) is 10.7 Å². The summed E-state index contributed by atoms with van der Waals surface area (Å²) < 4.78 is 1.89. The highest BCUT2D eigenvalue weighted by molar-refractivity contribution is 14.1. The van der Waals surface area contributed by atoms with Gasteiger partial charge >= 0.3 is 0 Å². The Bertz CT molecular complexity index is 992. The van der Waals surface area contributed by atoms with Gasteiger partial charge in [-0.25, -0.2) is 9.98 Å². The summed E-state index contributed by atoms with van der Waals surface area (Å²) in [7, 11) is 0. The van der Waals surface area contributed by atoms with Gasteiger partial charge in [0.2, 0.25) is 5.13 Å². The highest BCUT2D eigenvalue weighted by Gasteiger charge is 2.15. The molecular weight excluding hydrogens is 594 g/mol. The molecular formula is C22H20I2N2OS. The molecule has 0 radical (unpaired) electrons. The maximum atomic E-state index is 10.2. The second-order valence-electron chi connectivity index (χ2n) is 7.06. The maximum absolute atomic E-state index is 10.2. The van der Waals surface area contributed by atoms with Crippen molar-refractivity contribution in [2.75, 3.05) is 0 Å². The molecule has 0 bridgehead atoms. The molecule has 1 aromatic heterocycles. The second kappa shape index (κ2) is 9.21. The first kappa shape index (κ1) is 20.3. The fraction of sp³-hybridized carbons (Fsp3) is 0.273. The molecule has 0 amide bonds. The van der Waals surface area contributed by atoms with Crippen molar-refractivity contribution in [1.82, 2.24) is 4.98 Å². The first-order chi connectivity index (χ1) is 13.6. The Morgan fingerprint density at radius 3 is 2.57 bits per heavy atom. The molecule has 3 aromatic rings. The summed E-state index contributed by atoms with van der Waals surface area (Å²) in [5.74, 6) is 0.988. The number of aromatic hydroxyl groups is 1. The number of hydrogen-bond acceptors (Lipinski definition) is 4. The molecule has 0 saturated heterocycles. The molecule has 28 heavy (non-hydrogen) atoms. The van der Waals surface area contributed by atoms with Gasteiger partial charge in [0, 0.05) is 26.3 Å². The molecule has 1 aliphatic carbocycles. The van der Waals surface area contributed by atoms with E-state index in [1.807, 2.05) is 17.5 Å². The van der Waals surface area contributed by atoms with Crippen molar-refractivity contribution in [2.45, 2.75) is 38.0 Å². The Morgan fingerprint density at radius 2 is 1.82 bits per heavy atom. The number of rotatable bonds is 4. The largest absolute Gasteiger partial charge is 0.506 e. The minimum absolute atomic E-state index is 0.264. The van der Waals surface area contributed by atoms with Crippen molar-refractivity contribution in [3.8, 4) is 17.0 Å². The van der Waals surface area contributed by atoms with Crippen LogP contribution in [-0.4, -0.2) is 16.3 Å². The molecule has 6 heteroatoms. The summed E-state index contributed by atoms with van der Waals surface area (Å²) in [6, 6.07) is 12.7. The number of benzene rings is 2. The van der Waals surface area contributed by atoms with E-state index in [9.17, 15) is 5.11 Å². The lowest BCUT2D eigenvalue weighted by atomic mass is 9.84. The Labute approximate surface area is 196 Å². The van der Waals surface area contributed by atoms with Gasteiger partial charge in [0.05, 0.1) is 9.26 Å². The normalized spacial score (nSPS) is 15.4. The van der Waals surface area contributed by atoms with E-state index < -0.39 is 0 Å². The quantitative estimate of drug-likeness (QED) is 0.244. The monoisotopic (exact) mass is 614 g/mol. The van der Waals surface area contributed by atoms with Gasteiger partial charge in [-0.3, -0.25) is 0 Å². The van der Waals surface area contributed by atoms with Gasteiger partial charge in [-0.2, -0.15) is 0 Å². The van der Waals surface area contributed by atoms with E-state index in [2.05, 4.69) is 79.4 Å². The molecule has 144 valence electrons. The zero-order chi connectivity index (χ0) is 19.5. The Morgan fingerprint density at radius 1 is 1.07 bits per heavy atom. The molecule has 1 aliphatic rings. The molecule has 0 atom stereocenters. The number of phenols is 1. The predicted molar refractivity (Wildman–Crippen MR) is 134 cm³/mol. The average molecular weight is 614 g/mol. The number of nitrogens with zero attached hydrogens (tertiary/aromatic N) is 2. The topological polar surface area (TPSA) is 45.5 Å². The van der Waals surface area contributed by atoms with Crippen molar-refractivity contribution >= 4 is 67.9 Å². The van der Waals surface area contributed by atoms with Crippen molar-refractivity contribution < 1.29 is 5.11 Å². The van der Waals surface area contributed by atoms with E-state index in [1.165, 1.54) is 49.0 Å². The Hall–Kier alpha value is -1.00. The van der Waals surface area contributed by atoms with Crippen LogP contribution in [-0.2, 0) is 0 Å². The SMILES string of the molecule is Oc1c(I)cc(I)cc1C=Nc1nc(-c2ccc(C3CCCCC3)cc2)cs1. The lowest BCUT2D eigenvalue weighted by Crippen LogP contribution is -2.04. The number of aliphatic imine (C=N–C) groups is 1. The first-order valence-corrected chi connectivity index (χ1v) is 12.4. The van der Waals surface area contributed by atoms with Crippen LogP contribution < -0.4 is 0 Å². The van der Waals surface area contributed by atoms with Crippen molar-refractivity contribution in [2.24, 2.45) is 4.99 Å². The third-order valence-corrected chi connectivity index (χ3v) is 7.34. The molecule has 4 rings (SSSR count). The van der Waals surface area contributed by atoms with E-state index >= 15 is 0 Å². The van der Waals surface area contributed by atoms with Crippen LogP contribution >= 0.6 is 56.5 Å². The summed E-state index contributed by atoms with van der Waals surface area (Å²) >= 11 is 5.89. The molecule has 1 N–H and O–H groups in total. The number of halogens is 2. The fourth-order valence-corrected chi connectivity index (χ4v) is 6.19. The minimum atomic E-state index is 0.264. The molecule has 2 aromatic carbocycles. The van der Waals surface area contributed by atoms with Crippen molar-refractivity contribution in [3.63, 3.8) is 0 Å². The third-order valence-electron chi connectivity index (χ3n) is 5.15. The lowest BCUT2D eigenvalue weighted by Gasteiger charge is -2.22. The smallest absolute Gasteiger partial charge is 0.209 e. The zero-order valence-electron chi connectivity index (χ0n) is 15.2. The highest BCUT2D eigenvalue weighted by Crippen LogP contribution is 2.34. The van der Waals surface area contributed by atoms with E-state index in [1.54, 1.807) is 6.21 Å². The minimum Gasteiger partial charge on any atom is -0.506 e. The Kier molecular flexibility index (Phi) is 6.67. The van der Waals surface area contributed by atoms with Crippen LogP contribution in [0.15, 0.2) is 46.8 Å². The molecule has 1 heterocycles. The van der Waals surface area contributed by atoms with E-state index in [4.69, 9.17) is 0 Å². The van der Waals surface area contributed by atoms with Gasteiger partial charge in [-0.1, -0.05) is 43.5 Å². The van der Waals surface area contributed by atoms with Gasteiger partial charge in [0.1, 0.15) is 5.75 Å². The van der Waals surface area contributed by atoms with Crippen LogP contribution in [0.25, 0.3) is 11.3 Å². The van der Waals surface area contributed by atoms with Crippen LogP contribution in [0.1, 0.15) is 49.1 Å². The van der Waals surface area contributed by atoms with Gasteiger partial charge in [0.15, 0.2) is 0 Å². The summed E-state index contributed by atoms with van der Waals surface area (Å²) in [6.45, 7) is 0. The van der Waals surface area contributed by atoms with Crippen LogP contribution in [0.4, 0.5) is 5.13 Å². The van der Waals surface area contributed by atoms with E-state index in [0.717, 1.165) is 24.3 Å². The fourth-order valence-electron chi connectivity index (χ4n) is 3.63. The van der Waals surface area contributed by atoms with Crippen LogP contribution in [0.5, 0.6) is 5.75 Å². The molecule has 0 aliphatic heterocycles. The molecule has 3 nitrogen and oxygen atoms in total. The van der Waals surface area contributed by atoms with Gasteiger partial charge in [-0.15, -0.1) is 11.3 Å². The molecule has 1 saturated carbocycles. The Balaban J connectivity index is 1.50. The average Bonchev–Trinajstić information content (AvgIpc) is 3.19. The highest BCUT2D eigenvalue weighted by atomic mass is 127. The number of phenolic OH excluding ortho intramolecular Hbond substituents is 1. The van der Waals surface area contributed by atoms with Crippen LogP contribution in [0.2, 0.25) is 0 Å². The molecule has 0 spiro atoms. The lowest BCUT2D eigenvalue weighted by molar-refractivity contribution is 0.443.